The van der Waals surface area contributed by atoms with E-state index >= 15 is 0 Å². The van der Waals surface area contributed by atoms with Crippen molar-refractivity contribution in [3.63, 3.8) is 0 Å². The fraction of sp³-hybridized carbons (Fsp3) is 0.774. The molecule has 37 heavy (non-hydrogen) atoms. The molecule has 0 amide bonds. The summed E-state index contributed by atoms with van der Waals surface area (Å²) in [7, 11) is -3.19. The van der Waals surface area contributed by atoms with E-state index < -0.39 is 7.60 Å². The number of ketones is 1. The van der Waals surface area contributed by atoms with E-state index in [-0.39, 0.29) is 17.9 Å². The van der Waals surface area contributed by atoms with Crippen LogP contribution in [0.4, 0.5) is 0 Å². The van der Waals surface area contributed by atoms with Gasteiger partial charge in [-0.1, -0.05) is 121 Å². The van der Waals surface area contributed by atoms with Gasteiger partial charge in [0.2, 0.25) is 0 Å². The summed E-state index contributed by atoms with van der Waals surface area (Å²) in [6.07, 6.45) is 19.2. The van der Waals surface area contributed by atoms with E-state index in [0.717, 1.165) is 6.42 Å². The third kappa shape index (κ3) is 17.3. The standard InChI is InChI=1S/C31H55O5P/c1-4-7-8-9-10-11-12-13-14-15-16-17-18-22-26-34-28-30(31(32)29-23-20-19-21-24-29)25-27-37(33,35-5-2)36-6-3/h19-21,23-24,30H,4-18,22,25-28H2,1-3H3/t30-/m0/s1. The minimum atomic E-state index is -3.19. The molecule has 0 fully saturated rings. The van der Waals surface area contributed by atoms with Crippen LogP contribution in [0.5, 0.6) is 0 Å². The summed E-state index contributed by atoms with van der Waals surface area (Å²) in [6, 6.07) is 9.29. The lowest BCUT2D eigenvalue weighted by atomic mass is 9.96. The van der Waals surface area contributed by atoms with Crippen LogP contribution in [0.15, 0.2) is 30.3 Å². The molecule has 1 atom stereocenters. The van der Waals surface area contributed by atoms with Crippen molar-refractivity contribution in [1.29, 1.82) is 0 Å². The van der Waals surface area contributed by atoms with E-state index in [9.17, 15) is 9.36 Å². The summed E-state index contributed by atoms with van der Waals surface area (Å²) in [5, 5.41) is 0. The van der Waals surface area contributed by atoms with Gasteiger partial charge in [0, 0.05) is 18.1 Å². The molecule has 0 unspecified atom stereocenters. The number of carbonyl (C=O) groups is 1. The first-order valence-corrected chi connectivity index (χ1v) is 16.8. The van der Waals surface area contributed by atoms with Crippen LogP contribution in [0.1, 0.15) is 127 Å². The maximum atomic E-state index is 13.1. The second kappa shape index (κ2) is 22.9. The SMILES string of the molecule is CCCCCCCCCCCCCCCCOC[C@H](CCP(=O)(OCC)OCC)C(=O)c1ccccc1. The lowest BCUT2D eigenvalue weighted by Gasteiger charge is -2.21. The van der Waals surface area contributed by atoms with E-state index in [1.54, 1.807) is 13.8 Å². The second-order valence-electron chi connectivity index (χ2n) is 10.1. The van der Waals surface area contributed by atoms with Gasteiger partial charge in [0.25, 0.3) is 0 Å². The van der Waals surface area contributed by atoms with Crippen LogP contribution < -0.4 is 0 Å². The van der Waals surface area contributed by atoms with Gasteiger partial charge in [-0.15, -0.1) is 0 Å². The molecule has 1 rings (SSSR count). The summed E-state index contributed by atoms with van der Waals surface area (Å²) >= 11 is 0. The Morgan fingerprint density at radius 3 is 1.70 bits per heavy atom. The molecular weight excluding hydrogens is 483 g/mol. The molecule has 0 aliphatic rings. The topological polar surface area (TPSA) is 61.8 Å². The predicted octanol–water partition coefficient (Wildman–Crippen LogP) is 9.64. The van der Waals surface area contributed by atoms with Gasteiger partial charge < -0.3 is 13.8 Å². The third-order valence-corrected chi connectivity index (χ3v) is 8.90. The minimum absolute atomic E-state index is 0.0288. The zero-order valence-corrected chi connectivity index (χ0v) is 25.0. The maximum Gasteiger partial charge on any atom is 0.330 e. The van der Waals surface area contributed by atoms with Crippen LogP contribution in [-0.2, 0) is 18.3 Å². The molecule has 0 N–H and O–H groups in total. The Kier molecular flexibility index (Phi) is 21.1. The number of hydrogen-bond donors (Lipinski definition) is 0. The highest BCUT2D eigenvalue weighted by atomic mass is 31.2. The summed E-state index contributed by atoms with van der Waals surface area (Å²) < 4.78 is 29.7. The first-order valence-electron chi connectivity index (χ1n) is 15.1. The molecule has 6 heteroatoms. The van der Waals surface area contributed by atoms with Gasteiger partial charge in [0.05, 0.1) is 26.0 Å². The van der Waals surface area contributed by atoms with Crippen LogP contribution >= 0.6 is 7.60 Å². The van der Waals surface area contributed by atoms with Crippen molar-refractivity contribution < 1.29 is 23.1 Å². The first-order chi connectivity index (χ1) is 18.1. The van der Waals surface area contributed by atoms with E-state index in [1.165, 1.54) is 83.5 Å². The van der Waals surface area contributed by atoms with Crippen molar-refractivity contribution in [3.05, 3.63) is 35.9 Å². The van der Waals surface area contributed by atoms with Gasteiger partial charge >= 0.3 is 7.60 Å². The highest BCUT2D eigenvalue weighted by molar-refractivity contribution is 7.53. The Morgan fingerprint density at radius 2 is 1.22 bits per heavy atom. The van der Waals surface area contributed by atoms with Crippen molar-refractivity contribution in [2.24, 2.45) is 5.92 Å². The minimum Gasteiger partial charge on any atom is -0.381 e. The van der Waals surface area contributed by atoms with Crippen LogP contribution in [0.2, 0.25) is 0 Å². The van der Waals surface area contributed by atoms with Crippen molar-refractivity contribution in [1.82, 2.24) is 0 Å². The summed E-state index contributed by atoms with van der Waals surface area (Å²) in [6.45, 7) is 7.52. The number of unbranched alkanes of at least 4 members (excludes halogenated alkanes) is 13. The van der Waals surface area contributed by atoms with Crippen molar-refractivity contribution >= 4 is 13.4 Å². The Morgan fingerprint density at radius 1 is 0.730 bits per heavy atom. The van der Waals surface area contributed by atoms with Crippen LogP contribution in [0.25, 0.3) is 0 Å². The van der Waals surface area contributed by atoms with E-state index in [4.69, 9.17) is 13.8 Å². The number of benzene rings is 1. The molecule has 0 aromatic heterocycles. The number of rotatable bonds is 26. The number of carbonyl (C=O) groups excluding carboxylic acids is 1. The molecule has 0 aliphatic carbocycles. The predicted molar refractivity (Wildman–Crippen MR) is 156 cm³/mol. The van der Waals surface area contributed by atoms with Crippen LogP contribution in [0.3, 0.4) is 0 Å². The molecule has 0 radical (unpaired) electrons. The molecule has 214 valence electrons. The molecule has 1 aromatic carbocycles. The Bertz CT molecular complexity index is 699. The van der Waals surface area contributed by atoms with E-state index in [0.29, 0.717) is 38.4 Å². The monoisotopic (exact) mass is 538 g/mol. The lowest BCUT2D eigenvalue weighted by molar-refractivity contribution is 0.0683. The number of ether oxygens (including phenoxy) is 1. The zero-order valence-electron chi connectivity index (χ0n) is 24.1. The van der Waals surface area contributed by atoms with Gasteiger partial charge in [-0.2, -0.15) is 0 Å². The van der Waals surface area contributed by atoms with Gasteiger partial charge in [0.1, 0.15) is 0 Å². The molecule has 5 nitrogen and oxygen atoms in total. The molecule has 0 saturated heterocycles. The molecule has 0 heterocycles. The van der Waals surface area contributed by atoms with Crippen molar-refractivity contribution in [2.75, 3.05) is 32.6 Å². The third-order valence-electron chi connectivity index (χ3n) is 6.79. The second-order valence-corrected chi connectivity index (χ2v) is 12.2. The number of hydrogen-bond acceptors (Lipinski definition) is 5. The smallest absolute Gasteiger partial charge is 0.330 e. The first kappa shape index (κ1) is 34.0. The van der Waals surface area contributed by atoms with Gasteiger partial charge in [-0.25, -0.2) is 0 Å². The summed E-state index contributed by atoms with van der Waals surface area (Å²) in [5.74, 6) is -0.329. The average molecular weight is 539 g/mol. The van der Waals surface area contributed by atoms with Crippen molar-refractivity contribution in [2.45, 2.75) is 117 Å². The molecule has 0 spiro atoms. The van der Waals surface area contributed by atoms with Crippen molar-refractivity contribution in [3.8, 4) is 0 Å². The molecule has 0 saturated carbocycles. The van der Waals surface area contributed by atoms with Crippen LogP contribution in [-0.4, -0.2) is 38.4 Å². The molecule has 1 aromatic rings. The molecule has 0 bridgehead atoms. The van der Waals surface area contributed by atoms with Gasteiger partial charge in [-0.3, -0.25) is 9.36 Å². The fourth-order valence-electron chi connectivity index (χ4n) is 4.63. The van der Waals surface area contributed by atoms with E-state index in [2.05, 4.69) is 6.92 Å². The molecule has 0 aliphatic heterocycles. The lowest BCUT2D eigenvalue weighted by Crippen LogP contribution is -2.22. The highest BCUT2D eigenvalue weighted by Gasteiger charge is 2.28. The maximum absolute atomic E-state index is 13.1. The largest absolute Gasteiger partial charge is 0.381 e. The van der Waals surface area contributed by atoms with Gasteiger partial charge in [-0.05, 0) is 26.7 Å². The summed E-state index contributed by atoms with van der Waals surface area (Å²) in [4.78, 5) is 13.1. The fourth-order valence-corrected chi connectivity index (χ4v) is 6.37. The van der Waals surface area contributed by atoms with Crippen LogP contribution in [0, 0.1) is 5.92 Å². The van der Waals surface area contributed by atoms with Gasteiger partial charge in [0.15, 0.2) is 5.78 Å². The Balaban J connectivity index is 2.25. The Labute approximate surface area is 228 Å². The highest BCUT2D eigenvalue weighted by Crippen LogP contribution is 2.49. The Hall–Kier alpha value is -1.00. The quantitative estimate of drug-likeness (QED) is 0.0667. The molecular formula is C31H55O5P. The summed E-state index contributed by atoms with van der Waals surface area (Å²) in [5.41, 5.74) is 0.662. The van der Waals surface area contributed by atoms with E-state index in [1.807, 2.05) is 30.3 Å². The normalized spacial score (nSPS) is 12.6. The average Bonchev–Trinajstić information content (AvgIpc) is 2.90. The number of Topliss-reactive ketones (excluding diaryl/α,β-unsaturated/α-hetero) is 1. The zero-order chi connectivity index (χ0) is 27.0.